The molecule has 1 aromatic rings. The van der Waals surface area contributed by atoms with Gasteiger partial charge in [-0.3, -0.25) is 4.79 Å². The molecule has 28 heavy (non-hydrogen) atoms. The summed E-state index contributed by atoms with van der Waals surface area (Å²) in [5.74, 6) is -0.00983. The van der Waals surface area contributed by atoms with E-state index >= 15 is 0 Å². The highest BCUT2D eigenvalue weighted by molar-refractivity contribution is 7.89. The Balaban J connectivity index is 1.52. The molecule has 0 radical (unpaired) electrons. The van der Waals surface area contributed by atoms with Crippen molar-refractivity contribution < 1.29 is 17.6 Å². The van der Waals surface area contributed by atoms with Crippen LogP contribution in [-0.2, 0) is 10.0 Å². The second kappa shape index (κ2) is 9.22. The predicted octanol–water partition coefficient (Wildman–Crippen LogP) is 2.97. The molecule has 0 aromatic heterocycles. The number of carbonyl (C=O) groups excluding carboxylic acids is 1. The molecule has 1 aliphatic carbocycles. The van der Waals surface area contributed by atoms with E-state index in [0.717, 1.165) is 51.6 Å². The van der Waals surface area contributed by atoms with Gasteiger partial charge in [-0.25, -0.2) is 17.5 Å². The van der Waals surface area contributed by atoms with E-state index in [1.807, 2.05) is 0 Å². The van der Waals surface area contributed by atoms with Gasteiger partial charge in [0.05, 0.1) is 5.75 Å². The van der Waals surface area contributed by atoms with Crippen LogP contribution < -0.4 is 10.0 Å². The van der Waals surface area contributed by atoms with Gasteiger partial charge < -0.3 is 10.2 Å². The lowest BCUT2D eigenvalue weighted by molar-refractivity contribution is 0.0792. The third kappa shape index (κ3) is 5.67. The summed E-state index contributed by atoms with van der Waals surface area (Å²) in [6.45, 7) is 3.81. The molecule has 1 saturated carbocycles. The van der Waals surface area contributed by atoms with Crippen molar-refractivity contribution in [2.24, 2.45) is 5.92 Å². The number of anilines is 1. The zero-order chi connectivity index (χ0) is 20.1. The molecule has 2 aliphatic rings. The summed E-state index contributed by atoms with van der Waals surface area (Å²) >= 11 is 0. The monoisotopic (exact) mass is 411 g/mol. The van der Waals surface area contributed by atoms with Gasteiger partial charge in [0, 0.05) is 36.9 Å². The molecule has 1 aromatic carbocycles. The lowest BCUT2D eigenvalue weighted by Gasteiger charge is -2.29. The molecule has 2 fully saturated rings. The molecule has 1 amide bonds. The lowest BCUT2D eigenvalue weighted by Crippen LogP contribution is -2.39. The molecule has 0 atom stereocenters. The van der Waals surface area contributed by atoms with E-state index in [2.05, 4.69) is 10.0 Å². The summed E-state index contributed by atoms with van der Waals surface area (Å²) in [7, 11) is -3.16. The fourth-order valence-corrected chi connectivity index (χ4v) is 4.91. The Morgan fingerprint density at radius 3 is 2.46 bits per heavy atom. The molecule has 6 nitrogen and oxygen atoms in total. The van der Waals surface area contributed by atoms with E-state index in [1.54, 1.807) is 17.9 Å². The largest absolute Gasteiger partial charge is 0.385 e. The summed E-state index contributed by atoms with van der Waals surface area (Å²) in [6, 6.07) is 4.46. The molecule has 156 valence electrons. The molecule has 0 unspecified atom stereocenters. The summed E-state index contributed by atoms with van der Waals surface area (Å²) in [5.41, 5.74) is 1.01. The number of nitrogens with zero attached hydrogens (tertiary/aromatic N) is 1. The molecular weight excluding hydrogens is 381 g/mol. The van der Waals surface area contributed by atoms with Crippen molar-refractivity contribution in [2.75, 3.05) is 30.7 Å². The fraction of sp³-hybridized carbons (Fsp3) is 0.650. The van der Waals surface area contributed by atoms with Gasteiger partial charge in [0.15, 0.2) is 0 Å². The first-order chi connectivity index (χ1) is 13.4. The highest BCUT2D eigenvalue weighted by Crippen LogP contribution is 2.26. The van der Waals surface area contributed by atoms with Crippen LogP contribution in [0.5, 0.6) is 0 Å². The minimum absolute atomic E-state index is 0.0139. The Morgan fingerprint density at radius 2 is 1.82 bits per heavy atom. The van der Waals surface area contributed by atoms with E-state index in [4.69, 9.17) is 0 Å². The number of hydrogen-bond donors (Lipinski definition) is 2. The van der Waals surface area contributed by atoms with Crippen molar-refractivity contribution in [1.29, 1.82) is 0 Å². The Hall–Kier alpha value is -1.67. The highest BCUT2D eigenvalue weighted by atomic mass is 32.2. The minimum Gasteiger partial charge on any atom is -0.385 e. The number of rotatable bonds is 7. The first kappa shape index (κ1) is 21.0. The van der Waals surface area contributed by atoms with Crippen LogP contribution in [-0.4, -0.2) is 50.7 Å². The van der Waals surface area contributed by atoms with Crippen molar-refractivity contribution in [3.8, 4) is 0 Å². The van der Waals surface area contributed by atoms with Gasteiger partial charge in [0.1, 0.15) is 5.82 Å². The van der Waals surface area contributed by atoms with Crippen LogP contribution in [0.1, 0.15) is 55.8 Å². The van der Waals surface area contributed by atoms with Crippen molar-refractivity contribution in [2.45, 2.75) is 51.5 Å². The number of likely N-dealkylation sites (tertiary alicyclic amines) is 1. The molecule has 0 bridgehead atoms. The second-order valence-electron chi connectivity index (χ2n) is 7.85. The Kier molecular flexibility index (Phi) is 6.93. The first-order valence-electron chi connectivity index (χ1n) is 10.2. The minimum atomic E-state index is -3.16. The number of nitrogens with one attached hydrogen (secondary N) is 2. The number of benzene rings is 1. The molecule has 8 heteroatoms. The topological polar surface area (TPSA) is 78.5 Å². The summed E-state index contributed by atoms with van der Waals surface area (Å²) in [6.07, 6.45) is 5.46. The average molecular weight is 412 g/mol. The van der Waals surface area contributed by atoms with E-state index in [9.17, 15) is 17.6 Å². The Morgan fingerprint density at radius 1 is 1.14 bits per heavy atom. The van der Waals surface area contributed by atoms with E-state index in [1.165, 1.54) is 12.1 Å². The standard InChI is InChI=1S/C20H30FN3O3S/c1-2-28(26,27)23-18-7-5-15(6-8-18)14-22-19-12-16(11-17(21)13-19)20(25)24-9-3-4-10-24/h11-13,15,18,22-23H,2-10,14H2,1H3. The van der Waals surface area contributed by atoms with Crippen LogP contribution in [0, 0.1) is 11.7 Å². The van der Waals surface area contributed by atoms with Gasteiger partial charge in [-0.15, -0.1) is 0 Å². The van der Waals surface area contributed by atoms with Crippen molar-refractivity contribution in [1.82, 2.24) is 9.62 Å². The number of amides is 1. The molecule has 2 N–H and O–H groups in total. The third-order valence-electron chi connectivity index (χ3n) is 5.71. The quantitative estimate of drug-likeness (QED) is 0.723. The van der Waals surface area contributed by atoms with Crippen LogP contribution in [0.4, 0.5) is 10.1 Å². The molecule has 1 aliphatic heterocycles. The molecule has 3 rings (SSSR count). The normalized spacial score (nSPS) is 23.0. The van der Waals surface area contributed by atoms with Crippen molar-refractivity contribution in [3.05, 3.63) is 29.6 Å². The maximum atomic E-state index is 14.0. The zero-order valence-corrected chi connectivity index (χ0v) is 17.2. The smallest absolute Gasteiger partial charge is 0.254 e. The van der Waals surface area contributed by atoms with Crippen LogP contribution >= 0.6 is 0 Å². The first-order valence-corrected chi connectivity index (χ1v) is 11.9. The van der Waals surface area contributed by atoms with E-state index in [0.29, 0.717) is 23.7 Å². The lowest BCUT2D eigenvalue weighted by atomic mass is 9.86. The third-order valence-corrected chi connectivity index (χ3v) is 7.16. The molecule has 1 saturated heterocycles. The van der Waals surface area contributed by atoms with Gasteiger partial charge >= 0.3 is 0 Å². The Bertz CT molecular complexity index is 786. The average Bonchev–Trinajstić information content (AvgIpc) is 3.21. The van der Waals surface area contributed by atoms with Crippen molar-refractivity contribution >= 4 is 21.6 Å². The van der Waals surface area contributed by atoms with Crippen LogP contribution in [0.25, 0.3) is 0 Å². The van der Waals surface area contributed by atoms with E-state index in [-0.39, 0.29) is 17.7 Å². The maximum Gasteiger partial charge on any atom is 0.254 e. The van der Waals surface area contributed by atoms with E-state index < -0.39 is 15.8 Å². The number of carbonyl (C=O) groups is 1. The summed E-state index contributed by atoms with van der Waals surface area (Å²) < 4.78 is 40.1. The van der Waals surface area contributed by atoms with Gasteiger partial charge in [0.25, 0.3) is 5.91 Å². The number of hydrogen-bond acceptors (Lipinski definition) is 4. The number of sulfonamides is 1. The van der Waals surface area contributed by atoms with Crippen LogP contribution in [0.2, 0.25) is 0 Å². The van der Waals surface area contributed by atoms with Gasteiger partial charge in [-0.1, -0.05) is 0 Å². The zero-order valence-electron chi connectivity index (χ0n) is 16.4. The van der Waals surface area contributed by atoms with Gasteiger partial charge in [0.2, 0.25) is 10.0 Å². The summed E-state index contributed by atoms with van der Waals surface area (Å²) in [5, 5.41) is 3.27. The molecular formula is C20H30FN3O3S. The second-order valence-corrected chi connectivity index (χ2v) is 9.89. The molecule has 0 spiro atoms. The van der Waals surface area contributed by atoms with Gasteiger partial charge in [-0.05, 0) is 69.6 Å². The number of halogens is 1. The predicted molar refractivity (Wildman–Crippen MR) is 108 cm³/mol. The maximum absolute atomic E-state index is 14.0. The Labute approximate surface area is 166 Å². The fourth-order valence-electron chi connectivity index (χ4n) is 4.00. The van der Waals surface area contributed by atoms with Gasteiger partial charge in [-0.2, -0.15) is 0 Å². The van der Waals surface area contributed by atoms with Crippen molar-refractivity contribution in [3.63, 3.8) is 0 Å². The van der Waals surface area contributed by atoms with Crippen LogP contribution in [0.3, 0.4) is 0 Å². The molecule has 1 heterocycles. The van der Waals surface area contributed by atoms with Crippen LogP contribution in [0.15, 0.2) is 18.2 Å². The highest BCUT2D eigenvalue weighted by Gasteiger charge is 2.24. The SMILES string of the molecule is CCS(=O)(=O)NC1CCC(CNc2cc(F)cc(C(=O)N3CCCC3)c2)CC1. The summed E-state index contributed by atoms with van der Waals surface area (Å²) in [4.78, 5) is 14.3.